The van der Waals surface area contributed by atoms with E-state index in [0.29, 0.717) is 17.8 Å². The molecule has 3 aromatic rings. The number of rotatable bonds is 6. The van der Waals surface area contributed by atoms with Crippen molar-refractivity contribution in [2.45, 2.75) is 37.1 Å². The van der Waals surface area contributed by atoms with Crippen LogP contribution in [0.25, 0.3) is 22.8 Å². The number of nitrogens with zero attached hydrogens (tertiary/aromatic N) is 3. The monoisotopic (exact) mass is 427 g/mol. The fraction of sp³-hybridized carbons (Fsp3) is 0.333. The van der Waals surface area contributed by atoms with Crippen LogP contribution in [0.5, 0.6) is 0 Å². The van der Waals surface area contributed by atoms with Crippen molar-refractivity contribution in [3.63, 3.8) is 0 Å². The van der Waals surface area contributed by atoms with Crippen LogP contribution in [-0.4, -0.2) is 29.0 Å². The first-order valence-electron chi connectivity index (χ1n) is 9.70. The predicted octanol–water partition coefficient (Wildman–Crippen LogP) is 5.44. The topological polar surface area (TPSA) is 80.2 Å². The van der Waals surface area contributed by atoms with E-state index in [9.17, 15) is 0 Å². The minimum absolute atomic E-state index is 0.514. The van der Waals surface area contributed by atoms with E-state index >= 15 is 0 Å². The fourth-order valence-corrected chi connectivity index (χ4v) is 4.38. The van der Waals surface area contributed by atoms with Crippen molar-refractivity contribution >= 4 is 35.3 Å². The maximum Gasteiger partial charge on any atom is 0.258 e. The molecule has 0 saturated carbocycles. The molecule has 8 heteroatoms. The third-order valence-electron chi connectivity index (χ3n) is 5.24. The van der Waals surface area contributed by atoms with Crippen LogP contribution in [0.2, 0.25) is 0 Å². The van der Waals surface area contributed by atoms with Crippen molar-refractivity contribution in [1.29, 1.82) is 0 Å². The first kappa shape index (κ1) is 20.1. The van der Waals surface area contributed by atoms with E-state index in [1.54, 1.807) is 11.9 Å². The largest absolute Gasteiger partial charge is 0.367 e. The summed E-state index contributed by atoms with van der Waals surface area (Å²) in [7, 11) is 0. The minimum atomic E-state index is 0.514. The first-order chi connectivity index (χ1) is 14.2. The van der Waals surface area contributed by atoms with Crippen molar-refractivity contribution < 1.29 is 4.52 Å². The Kier molecular flexibility index (Phi) is 6.32. The van der Waals surface area contributed by atoms with Crippen molar-refractivity contribution in [1.82, 2.24) is 10.1 Å². The molecule has 0 aliphatic carbocycles. The number of aromatic nitrogens is 2. The van der Waals surface area contributed by atoms with Crippen LogP contribution in [-0.2, 0) is 0 Å². The molecule has 3 N–H and O–H groups in total. The van der Waals surface area contributed by atoms with Crippen LogP contribution in [0.15, 0.2) is 51.9 Å². The molecule has 1 aromatic heterocycles. The van der Waals surface area contributed by atoms with Crippen molar-refractivity contribution in [2.75, 3.05) is 22.4 Å². The Morgan fingerprint density at radius 1 is 1.14 bits per heavy atom. The van der Waals surface area contributed by atoms with Crippen molar-refractivity contribution in [3.8, 4) is 22.8 Å². The molecule has 1 unspecified atom stereocenters. The number of piperidine rings is 1. The molecular formula is C21H25N5OS2. The van der Waals surface area contributed by atoms with Gasteiger partial charge in [0.15, 0.2) is 0 Å². The van der Waals surface area contributed by atoms with Gasteiger partial charge in [-0.25, -0.2) is 0 Å². The lowest BCUT2D eigenvalue weighted by atomic mass is 10.0. The normalized spacial score (nSPS) is 16.8. The van der Waals surface area contributed by atoms with Gasteiger partial charge in [0.1, 0.15) is 0 Å². The Morgan fingerprint density at radius 3 is 2.66 bits per heavy atom. The zero-order chi connectivity index (χ0) is 20.2. The molecule has 2 aromatic carbocycles. The summed E-state index contributed by atoms with van der Waals surface area (Å²) in [4.78, 5) is 8.08. The molecule has 0 radical (unpaired) electrons. The summed E-state index contributed by atoms with van der Waals surface area (Å²) < 4.78 is 8.99. The SMILES string of the molecule is CSNc1cc(-c2nc(-c3ccc(SN)cc3)no2)ccc1N1CCCCC1C. The summed E-state index contributed by atoms with van der Waals surface area (Å²) in [6, 6.07) is 14.7. The Hall–Kier alpha value is -2.16. The van der Waals surface area contributed by atoms with E-state index in [-0.39, 0.29) is 0 Å². The minimum Gasteiger partial charge on any atom is -0.367 e. The van der Waals surface area contributed by atoms with Gasteiger partial charge >= 0.3 is 0 Å². The molecule has 152 valence electrons. The Bertz CT molecular complexity index is 960. The van der Waals surface area contributed by atoms with E-state index in [1.807, 2.05) is 30.5 Å². The van der Waals surface area contributed by atoms with Crippen LogP contribution in [0, 0.1) is 0 Å². The quantitative estimate of drug-likeness (QED) is 0.504. The van der Waals surface area contributed by atoms with E-state index in [4.69, 9.17) is 9.66 Å². The summed E-state index contributed by atoms with van der Waals surface area (Å²) in [5.74, 6) is 1.08. The predicted molar refractivity (Wildman–Crippen MR) is 123 cm³/mol. The number of nitrogens with one attached hydrogen (secondary N) is 1. The van der Waals surface area contributed by atoms with E-state index in [0.717, 1.165) is 28.3 Å². The highest BCUT2D eigenvalue weighted by Crippen LogP contribution is 2.36. The average Bonchev–Trinajstić information content (AvgIpc) is 3.25. The van der Waals surface area contributed by atoms with Gasteiger partial charge in [-0.2, -0.15) is 4.98 Å². The van der Waals surface area contributed by atoms with Crippen LogP contribution in [0.4, 0.5) is 11.4 Å². The first-order valence-corrected chi connectivity index (χ1v) is 11.8. The van der Waals surface area contributed by atoms with Gasteiger partial charge in [-0.15, -0.1) is 0 Å². The molecule has 1 atom stereocenters. The second-order valence-corrected chi connectivity index (χ2v) is 8.46. The van der Waals surface area contributed by atoms with Crippen LogP contribution in [0.3, 0.4) is 0 Å². The average molecular weight is 428 g/mol. The highest BCUT2D eigenvalue weighted by atomic mass is 32.2. The Labute approximate surface area is 179 Å². The lowest BCUT2D eigenvalue weighted by Gasteiger charge is -2.36. The molecule has 0 bridgehead atoms. The molecule has 1 aliphatic heterocycles. The molecule has 0 spiro atoms. The molecule has 1 fully saturated rings. The highest BCUT2D eigenvalue weighted by molar-refractivity contribution is 7.99. The summed E-state index contributed by atoms with van der Waals surface area (Å²) in [6.07, 6.45) is 5.80. The Balaban J connectivity index is 1.63. The molecule has 0 amide bonds. The molecule has 4 rings (SSSR count). The van der Waals surface area contributed by atoms with Gasteiger partial charge in [0, 0.05) is 34.9 Å². The van der Waals surface area contributed by atoms with Crippen LogP contribution >= 0.6 is 23.9 Å². The van der Waals surface area contributed by atoms with Gasteiger partial charge in [0.2, 0.25) is 5.82 Å². The van der Waals surface area contributed by atoms with Gasteiger partial charge in [-0.1, -0.05) is 17.1 Å². The zero-order valence-electron chi connectivity index (χ0n) is 16.6. The van der Waals surface area contributed by atoms with Gasteiger partial charge in [-0.05, 0) is 80.6 Å². The van der Waals surface area contributed by atoms with Gasteiger partial charge in [0.05, 0.1) is 11.4 Å². The summed E-state index contributed by atoms with van der Waals surface area (Å²) in [5.41, 5.74) is 4.11. The second-order valence-electron chi connectivity index (χ2n) is 7.14. The van der Waals surface area contributed by atoms with Crippen LogP contribution in [0.1, 0.15) is 26.2 Å². The van der Waals surface area contributed by atoms with Crippen LogP contribution < -0.4 is 14.8 Å². The van der Waals surface area contributed by atoms with Gasteiger partial charge < -0.3 is 14.1 Å². The molecule has 1 saturated heterocycles. The highest BCUT2D eigenvalue weighted by Gasteiger charge is 2.22. The van der Waals surface area contributed by atoms with Gasteiger partial charge in [0.25, 0.3) is 5.89 Å². The lowest BCUT2D eigenvalue weighted by molar-refractivity contribution is 0.432. The summed E-state index contributed by atoms with van der Waals surface area (Å²) in [5, 5.41) is 9.75. The maximum atomic E-state index is 5.59. The molecule has 2 heterocycles. The number of benzene rings is 2. The third-order valence-corrected chi connectivity index (χ3v) is 6.21. The molecule has 6 nitrogen and oxygen atoms in total. The fourth-order valence-electron chi connectivity index (χ4n) is 3.71. The number of nitrogens with two attached hydrogens (primary N) is 1. The maximum absolute atomic E-state index is 5.59. The van der Waals surface area contributed by atoms with Crippen molar-refractivity contribution in [2.24, 2.45) is 5.14 Å². The standard InChI is InChI=1S/C21H25N5OS2/c1-14-5-3-4-12-26(14)19-11-8-16(13-18(19)25-28-2)21-23-20(24-27-21)15-6-9-17(29-22)10-7-15/h6-11,13-14,25H,3-5,12,22H2,1-2H3. The third kappa shape index (κ3) is 4.39. The van der Waals surface area contributed by atoms with Crippen molar-refractivity contribution in [3.05, 3.63) is 42.5 Å². The van der Waals surface area contributed by atoms with E-state index in [1.165, 1.54) is 36.9 Å². The molecule has 29 heavy (non-hydrogen) atoms. The number of hydrogen-bond donors (Lipinski definition) is 2. The van der Waals surface area contributed by atoms with E-state index < -0.39 is 0 Å². The number of anilines is 2. The lowest BCUT2D eigenvalue weighted by Crippen LogP contribution is -2.37. The number of hydrogen-bond acceptors (Lipinski definition) is 8. The Morgan fingerprint density at radius 2 is 1.93 bits per heavy atom. The zero-order valence-corrected chi connectivity index (χ0v) is 18.2. The molecular weight excluding hydrogens is 402 g/mol. The summed E-state index contributed by atoms with van der Waals surface area (Å²) in [6.45, 7) is 3.39. The second kappa shape index (κ2) is 9.11. The summed E-state index contributed by atoms with van der Waals surface area (Å²) >= 11 is 2.80. The van der Waals surface area contributed by atoms with Gasteiger partial charge in [-0.3, -0.25) is 5.14 Å². The molecule has 1 aliphatic rings. The van der Waals surface area contributed by atoms with E-state index in [2.05, 4.69) is 44.9 Å². The smallest absolute Gasteiger partial charge is 0.258 e.